The number of hydrogen-bond donors (Lipinski definition) is 1. The number of aliphatic hydroxyl groups is 1. The molecule has 74 valence electrons. The summed E-state index contributed by atoms with van der Waals surface area (Å²) in [5.41, 5.74) is -0.823. The van der Waals surface area contributed by atoms with Gasteiger partial charge in [-0.2, -0.15) is 0 Å². The van der Waals surface area contributed by atoms with Crippen molar-refractivity contribution in [3.8, 4) is 0 Å². The fourth-order valence-corrected chi connectivity index (χ4v) is 2.31. The van der Waals surface area contributed by atoms with Crippen molar-refractivity contribution in [1.82, 2.24) is 0 Å². The molecule has 3 heteroatoms. The minimum atomic E-state index is -0.823. The van der Waals surface area contributed by atoms with Crippen LogP contribution in [0, 0.1) is 18.4 Å². The first kappa shape index (κ1) is 11.3. The van der Waals surface area contributed by atoms with E-state index in [4.69, 9.17) is 11.3 Å². The molecule has 0 aromatic carbocycles. The molecule has 1 aliphatic heterocycles. The molecule has 0 aromatic heterocycles. The van der Waals surface area contributed by atoms with Crippen LogP contribution in [0.2, 0.25) is 0 Å². The number of hydrogen-bond acceptors (Lipinski definition) is 2. The first-order chi connectivity index (χ1) is 5.53. The van der Waals surface area contributed by atoms with Gasteiger partial charge in [-0.25, -0.2) is 0 Å². The average Bonchev–Trinajstić information content (AvgIpc) is 2.22. The predicted octanol–water partition coefficient (Wildman–Crippen LogP) is 1.50. The van der Waals surface area contributed by atoms with Crippen molar-refractivity contribution in [2.24, 2.45) is 11.8 Å². The molecule has 1 aliphatic carbocycles. The Bertz CT molecular complexity index is 229. The van der Waals surface area contributed by atoms with Crippen LogP contribution in [-0.2, 0) is 25.8 Å². The average molecular weight is 351 g/mol. The van der Waals surface area contributed by atoms with Gasteiger partial charge in [0, 0.05) is 27.5 Å². The van der Waals surface area contributed by atoms with Crippen molar-refractivity contribution < 1.29 is 30.9 Å². The van der Waals surface area contributed by atoms with E-state index in [1.165, 1.54) is 0 Å². The molecule has 2 rings (SSSR count). The van der Waals surface area contributed by atoms with Crippen LogP contribution in [0.25, 0.3) is 0 Å². The Kier molecular flexibility index (Phi) is 2.94. The summed E-state index contributed by atoms with van der Waals surface area (Å²) in [7, 11) is 0. The van der Waals surface area contributed by atoms with Crippen LogP contribution in [0.4, 0.5) is 0 Å². The molecule has 0 aromatic rings. The molecule has 0 spiro atoms. The summed E-state index contributed by atoms with van der Waals surface area (Å²) in [4.78, 5) is 0. The predicted molar refractivity (Wildman–Crippen MR) is 45.2 cm³/mol. The summed E-state index contributed by atoms with van der Waals surface area (Å²) in [6.45, 7) is 9.93. The van der Waals surface area contributed by atoms with Crippen LogP contribution >= 0.6 is 0 Å². The van der Waals surface area contributed by atoms with Crippen molar-refractivity contribution in [2.75, 3.05) is 0 Å². The maximum atomic E-state index is 9.99. The standard InChI is InChI=1S/C10H15O2.W/c1-6-4-10(11)5-9(7(6)2)12-8(10)3;/h3,6-7,9,11H,4-5H2,1-2H3;/q-1;. The Labute approximate surface area is 93.6 Å². The van der Waals surface area contributed by atoms with Gasteiger partial charge in [0.15, 0.2) is 0 Å². The Hall–Kier alpha value is 0.188. The fourth-order valence-electron chi connectivity index (χ4n) is 2.31. The van der Waals surface area contributed by atoms with Crippen molar-refractivity contribution in [1.29, 1.82) is 0 Å². The molecule has 1 N–H and O–H groups in total. The van der Waals surface area contributed by atoms with Gasteiger partial charge in [0.2, 0.25) is 0 Å². The van der Waals surface area contributed by atoms with Gasteiger partial charge < -0.3 is 16.4 Å². The van der Waals surface area contributed by atoms with E-state index in [0.717, 1.165) is 6.42 Å². The maximum Gasteiger partial charge on any atom is 0.0999 e. The molecule has 4 atom stereocenters. The molecule has 4 unspecified atom stereocenters. The van der Waals surface area contributed by atoms with Gasteiger partial charge >= 0.3 is 0 Å². The molecule has 2 nitrogen and oxygen atoms in total. The zero-order chi connectivity index (χ0) is 8.93. The second kappa shape index (κ2) is 3.40. The summed E-state index contributed by atoms with van der Waals surface area (Å²) in [6.07, 6.45) is 1.57. The second-order valence-electron chi connectivity index (χ2n) is 4.30. The van der Waals surface area contributed by atoms with E-state index in [2.05, 4.69) is 13.8 Å². The molecule has 13 heavy (non-hydrogen) atoms. The molecular formula is C10H15O2W-. The van der Waals surface area contributed by atoms with Crippen LogP contribution in [-0.4, -0.2) is 16.8 Å². The van der Waals surface area contributed by atoms with Crippen LogP contribution in [0.5, 0.6) is 0 Å². The molecule has 0 amide bonds. The number of rotatable bonds is 0. The third-order valence-corrected chi connectivity index (χ3v) is 3.42. The van der Waals surface area contributed by atoms with Crippen LogP contribution < -0.4 is 0 Å². The summed E-state index contributed by atoms with van der Waals surface area (Å²) in [5, 5.41) is 9.99. The van der Waals surface area contributed by atoms with Crippen molar-refractivity contribution in [2.45, 2.75) is 38.4 Å². The van der Waals surface area contributed by atoms with Gasteiger partial charge in [-0.3, -0.25) is 0 Å². The normalized spacial score (nSPS) is 48.2. The second-order valence-corrected chi connectivity index (χ2v) is 4.30. The zero-order valence-electron chi connectivity index (χ0n) is 7.99. The van der Waals surface area contributed by atoms with E-state index in [1.54, 1.807) is 0 Å². The zero-order valence-corrected chi connectivity index (χ0v) is 10.9. The molecule has 2 fully saturated rings. The van der Waals surface area contributed by atoms with Crippen LogP contribution in [0.3, 0.4) is 0 Å². The summed E-state index contributed by atoms with van der Waals surface area (Å²) < 4.78 is 5.42. The number of fused-ring (bicyclic) bond motifs is 2. The van der Waals surface area contributed by atoms with Gasteiger partial charge in [0.05, 0.1) is 11.7 Å². The third-order valence-electron chi connectivity index (χ3n) is 3.42. The summed E-state index contributed by atoms with van der Waals surface area (Å²) in [6, 6.07) is 0. The van der Waals surface area contributed by atoms with E-state index >= 15 is 0 Å². The quantitative estimate of drug-likeness (QED) is 0.671. The monoisotopic (exact) mass is 351 g/mol. The van der Waals surface area contributed by atoms with E-state index in [9.17, 15) is 5.11 Å². The smallest absolute Gasteiger partial charge is 0.0999 e. The summed E-state index contributed by atoms with van der Waals surface area (Å²) >= 11 is 0. The maximum absolute atomic E-state index is 9.99. The Morgan fingerprint density at radius 3 is 2.69 bits per heavy atom. The molecular weight excluding hydrogens is 336 g/mol. The Morgan fingerprint density at radius 1 is 1.46 bits per heavy atom. The molecule has 1 heterocycles. The van der Waals surface area contributed by atoms with Gasteiger partial charge in [0.25, 0.3) is 0 Å². The molecule has 1 saturated heterocycles. The van der Waals surface area contributed by atoms with Crippen molar-refractivity contribution >= 4 is 0 Å². The minimum absolute atomic E-state index is 0. The van der Waals surface area contributed by atoms with E-state index in [0.29, 0.717) is 24.0 Å². The Morgan fingerprint density at radius 2 is 2.08 bits per heavy atom. The first-order valence-electron chi connectivity index (χ1n) is 4.55. The molecule has 0 radical (unpaired) electrons. The largest absolute Gasteiger partial charge is 0.528 e. The van der Waals surface area contributed by atoms with E-state index < -0.39 is 5.60 Å². The van der Waals surface area contributed by atoms with Gasteiger partial charge in [-0.05, 0) is 18.3 Å². The van der Waals surface area contributed by atoms with E-state index in [1.807, 2.05) is 0 Å². The minimum Gasteiger partial charge on any atom is -0.528 e. The molecule has 1 saturated carbocycles. The summed E-state index contributed by atoms with van der Waals surface area (Å²) in [5.74, 6) is 1.34. The Balaban J connectivity index is 0.000000845. The first-order valence-corrected chi connectivity index (χ1v) is 4.55. The van der Waals surface area contributed by atoms with Gasteiger partial charge in [-0.1, -0.05) is 19.6 Å². The fraction of sp³-hybridized carbons (Fsp3) is 0.800. The van der Waals surface area contributed by atoms with Gasteiger partial charge in [0.1, 0.15) is 0 Å². The van der Waals surface area contributed by atoms with Crippen LogP contribution in [0.15, 0.2) is 5.76 Å². The van der Waals surface area contributed by atoms with Gasteiger partial charge in [-0.15, -0.1) is 0 Å². The van der Waals surface area contributed by atoms with Crippen LogP contribution in [0.1, 0.15) is 26.7 Å². The SMILES string of the molecule is [CH-]=C1OC2CC1(O)CC(C)C2C.[W]. The van der Waals surface area contributed by atoms with Crippen molar-refractivity contribution in [3.63, 3.8) is 0 Å². The molecule has 2 aliphatic rings. The number of ether oxygens (including phenoxy) is 1. The van der Waals surface area contributed by atoms with E-state index in [-0.39, 0.29) is 27.2 Å². The topological polar surface area (TPSA) is 29.5 Å². The van der Waals surface area contributed by atoms with Crippen molar-refractivity contribution in [3.05, 3.63) is 12.3 Å². The third kappa shape index (κ3) is 1.59. The molecule has 2 bridgehead atoms.